The van der Waals surface area contributed by atoms with E-state index in [9.17, 15) is 4.79 Å². The Kier molecular flexibility index (Phi) is 7.37. The van der Waals surface area contributed by atoms with E-state index in [1.807, 2.05) is 12.1 Å². The van der Waals surface area contributed by atoms with Crippen LogP contribution in [0.1, 0.15) is 19.4 Å². The summed E-state index contributed by atoms with van der Waals surface area (Å²) in [6.45, 7) is 5.54. The number of hydrogen-bond donors (Lipinski definition) is 1. The number of carbonyl (C=O) groups is 1. The molecule has 1 N–H and O–H groups in total. The van der Waals surface area contributed by atoms with E-state index in [0.717, 1.165) is 5.56 Å². The maximum atomic E-state index is 12.0. The minimum atomic E-state index is -0.334. The van der Waals surface area contributed by atoms with Gasteiger partial charge in [0, 0.05) is 17.3 Å². The average molecular weight is 414 g/mol. The normalized spacial score (nSPS) is 12.7. The molecule has 0 radical (unpaired) electrons. The lowest BCUT2D eigenvalue weighted by atomic mass is 10.2. The van der Waals surface area contributed by atoms with Crippen LogP contribution in [0.25, 0.3) is 0 Å². The van der Waals surface area contributed by atoms with Gasteiger partial charge in [0.2, 0.25) is 0 Å². The second-order valence-corrected chi connectivity index (χ2v) is 7.03. The highest BCUT2D eigenvalue weighted by molar-refractivity contribution is 5.92. The summed E-state index contributed by atoms with van der Waals surface area (Å²) in [5.74, 6) is 2.62. The average Bonchev–Trinajstić information content (AvgIpc) is 2.75. The molecular weight excluding hydrogens is 388 g/mol. The Morgan fingerprint density at radius 1 is 1.13 bits per heavy atom. The standard InChI is InChI=1S/C22H26N2O6/c1-15(2)13-29-18-6-4-16(10-20(18)26-3)12-23-30-14-22(25)24-17-5-7-19-21(11-17)28-9-8-27-19/h4-7,10-12,15H,8-9,13-14H2,1-3H3,(H,24,25)/b23-12-. The number of nitrogens with zero attached hydrogens (tertiary/aromatic N) is 1. The van der Waals surface area contributed by atoms with Crippen LogP contribution in [0.4, 0.5) is 5.69 Å². The van der Waals surface area contributed by atoms with Gasteiger partial charge >= 0.3 is 0 Å². The van der Waals surface area contributed by atoms with Crippen LogP contribution < -0.4 is 24.3 Å². The second kappa shape index (κ2) is 10.4. The minimum Gasteiger partial charge on any atom is -0.493 e. The van der Waals surface area contributed by atoms with Crippen molar-refractivity contribution in [2.24, 2.45) is 11.1 Å². The monoisotopic (exact) mass is 414 g/mol. The van der Waals surface area contributed by atoms with E-state index in [0.29, 0.717) is 54.4 Å². The highest BCUT2D eigenvalue weighted by atomic mass is 16.6. The fourth-order valence-electron chi connectivity index (χ4n) is 2.65. The number of amides is 1. The van der Waals surface area contributed by atoms with Crippen LogP contribution in [0.2, 0.25) is 0 Å². The number of hydrogen-bond acceptors (Lipinski definition) is 7. The first-order valence-electron chi connectivity index (χ1n) is 9.71. The van der Waals surface area contributed by atoms with E-state index in [4.69, 9.17) is 23.8 Å². The third-order valence-electron chi connectivity index (χ3n) is 4.06. The van der Waals surface area contributed by atoms with Crippen LogP contribution in [0.15, 0.2) is 41.6 Å². The SMILES string of the molecule is COc1cc(/C=N\OCC(=O)Nc2ccc3c(c2)OCCO3)ccc1OCC(C)C. The highest BCUT2D eigenvalue weighted by Gasteiger charge is 2.13. The summed E-state index contributed by atoms with van der Waals surface area (Å²) < 4.78 is 22.0. The summed E-state index contributed by atoms with van der Waals surface area (Å²) in [6, 6.07) is 10.6. The molecule has 2 aromatic rings. The second-order valence-electron chi connectivity index (χ2n) is 7.03. The molecule has 0 spiro atoms. The zero-order chi connectivity index (χ0) is 21.3. The van der Waals surface area contributed by atoms with Crippen molar-refractivity contribution in [2.45, 2.75) is 13.8 Å². The topological polar surface area (TPSA) is 87.6 Å². The van der Waals surface area contributed by atoms with Gasteiger partial charge in [-0.15, -0.1) is 0 Å². The van der Waals surface area contributed by atoms with Gasteiger partial charge in [-0.3, -0.25) is 4.79 Å². The minimum absolute atomic E-state index is 0.225. The first-order valence-corrected chi connectivity index (χ1v) is 9.71. The van der Waals surface area contributed by atoms with Crippen LogP contribution in [-0.2, 0) is 9.63 Å². The molecule has 30 heavy (non-hydrogen) atoms. The van der Waals surface area contributed by atoms with Crippen molar-refractivity contribution >= 4 is 17.8 Å². The van der Waals surface area contributed by atoms with Crippen LogP contribution >= 0.6 is 0 Å². The lowest BCUT2D eigenvalue weighted by molar-refractivity contribution is -0.120. The molecule has 3 rings (SSSR count). The zero-order valence-corrected chi connectivity index (χ0v) is 17.3. The Morgan fingerprint density at radius 3 is 2.70 bits per heavy atom. The number of nitrogens with one attached hydrogen (secondary N) is 1. The lowest BCUT2D eigenvalue weighted by Gasteiger charge is -2.18. The van der Waals surface area contributed by atoms with Gasteiger partial charge in [0.25, 0.3) is 5.91 Å². The molecular formula is C22H26N2O6. The Bertz CT molecular complexity index is 897. The van der Waals surface area contributed by atoms with E-state index >= 15 is 0 Å². The molecule has 0 aromatic heterocycles. The van der Waals surface area contributed by atoms with Crippen molar-refractivity contribution < 1.29 is 28.6 Å². The summed E-state index contributed by atoms with van der Waals surface area (Å²) in [5, 5.41) is 6.58. The molecule has 1 aliphatic rings. The summed E-state index contributed by atoms with van der Waals surface area (Å²) in [6.07, 6.45) is 1.51. The molecule has 1 aliphatic heterocycles. The van der Waals surface area contributed by atoms with Gasteiger partial charge in [-0.25, -0.2) is 0 Å². The van der Waals surface area contributed by atoms with Gasteiger partial charge in [0.1, 0.15) is 13.2 Å². The van der Waals surface area contributed by atoms with Crippen LogP contribution in [0, 0.1) is 5.92 Å². The van der Waals surface area contributed by atoms with Gasteiger partial charge in [-0.2, -0.15) is 0 Å². The molecule has 0 unspecified atom stereocenters. The molecule has 0 aliphatic carbocycles. The molecule has 0 saturated heterocycles. The van der Waals surface area contributed by atoms with Crippen molar-refractivity contribution in [3.8, 4) is 23.0 Å². The summed E-state index contributed by atoms with van der Waals surface area (Å²) in [5.41, 5.74) is 1.36. The molecule has 0 fully saturated rings. The largest absolute Gasteiger partial charge is 0.493 e. The first-order chi connectivity index (χ1) is 14.5. The van der Waals surface area contributed by atoms with Crippen LogP contribution in [0.3, 0.4) is 0 Å². The molecule has 8 nitrogen and oxygen atoms in total. The third-order valence-corrected chi connectivity index (χ3v) is 4.06. The van der Waals surface area contributed by atoms with Gasteiger partial charge in [-0.1, -0.05) is 19.0 Å². The zero-order valence-electron chi connectivity index (χ0n) is 17.3. The molecule has 0 atom stereocenters. The molecule has 1 heterocycles. The maximum absolute atomic E-state index is 12.0. The van der Waals surface area contributed by atoms with E-state index in [2.05, 4.69) is 24.3 Å². The fraction of sp³-hybridized carbons (Fsp3) is 0.364. The maximum Gasteiger partial charge on any atom is 0.265 e. The number of carbonyl (C=O) groups excluding carboxylic acids is 1. The van der Waals surface area contributed by atoms with Gasteiger partial charge in [0.15, 0.2) is 29.6 Å². The first kappa shape index (κ1) is 21.3. The van der Waals surface area contributed by atoms with Crippen molar-refractivity contribution in [2.75, 3.05) is 38.9 Å². The molecule has 0 saturated carbocycles. The Hall–Kier alpha value is -3.42. The highest BCUT2D eigenvalue weighted by Crippen LogP contribution is 2.32. The Labute approximate surface area is 175 Å². The van der Waals surface area contributed by atoms with Crippen LogP contribution in [0.5, 0.6) is 23.0 Å². The summed E-state index contributed by atoms with van der Waals surface area (Å²) in [4.78, 5) is 17.1. The van der Waals surface area contributed by atoms with E-state index in [1.54, 1.807) is 31.4 Å². The number of fused-ring (bicyclic) bond motifs is 1. The molecule has 0 bridgehead atoms. The third kappa shape index (κ3) is 6.04. The molecule has 8 heteroatoms. The molecule has 1 amide bonds. The summed E-state index contributed by atoms with van der Waals surface area (Å²) in [7, 11) is 1.58. The van der Waals surface area contributed by atoms with Crippen molar-refractivity contribution in [1.82, 2.24) is 0 Å². The van der Waals surface area contributed by atoms with Gasteiger partial charge in [-0.05, 0) is 36.2 Å². The van der Waals surface area contributed by atoms with Crippen molar-refractivity contribution in [3.63, 3.8) is 0 Å². The Balaban J connectivity index is 1.49. The predicted octanol–water partition coefficient (Wildman–Crippen LogP) is 3.49. The molecule has 2 aromatic carbocycles. The number of methoxy groups -OCH3 is 1. The quantitative estimate of drug-likeness (QED) is 0.499. The number of benzene rings is 2. The van der Waals surface area contributed by atoms with Crippen LogP contribution in [-0.4, -0.2) is 45.7 Å². The van der Waals surface area contributed by atoms with Crippen molar-refractivity contribution in [1.29, 1.82) is 0 Å². The molecule has 160 valence electrons. The van der Waals surface area contributed by atoms with Crippen molar-refractivity contribution in [3.05, 3.63) is 42.0 Å². The predicted molar refractivity (Wildman–Crippen MR) is 113 cm³/mol. The number of anilines is 1. The smallest absolute Gasteiger partial charge is 0.265 e. The van der Waals surface area contributed by atoms with E-state index < -0.39 is 0 Å². The number of rotatable bonds is 9. The fourth-order valence-corrected chi connectivity index (χ4v) is 2.65. The Morgan fingerprint density at radius 2 is 1.93 bits per heavy atom. The van der Waals surface area contributed by atoms with E-state index in [-0.39, 0.29) is 12.5 Å². The van der Waals surface area contributed by atoms with E-state index in [1.165, 1.54) is 6.21 Å². The number of oxime groups is 1. The number of ether oxygens (including phenoxy) is 4. The lowest BCUT2D eigenvalue weighted by Crippen LogP contribution is -2.18. The summed E-state index contributed by atoms with van der Waals surface area (Å²) >= 11 is 0. The van der Waals surface area contributed by atoms with Gasteiger partial charge < -0.3 is 29.1 Å². The van der Waals surface area contributed by atoms with Gasteiger partial charge in [0.05, 0.1) is 19.9 Å².